The highest BCUT2D eigenvalue weighted by molar-refractivity contribution is 5.91. The highest BCUT2D eigenvalue weighted by atomic mass is 16.5. The van der Waals surface area contributed by atoms with E-state index in [0.717, 1.165) is 5.90 Å². The average molecular weight is 215 g/mol. The van der Waals surface area contributed by atoms with E-state index in [-0.39, 0.29) is 5.60 Å². The van der Waals surface area contributed by atoms with Crippen LogP contribution in [0.2, 0.25) is 0 Å². The van der Waals surface area contributed by atoms with Gasteiger partial charge in [-0.25, -0.2) is 4.99 Å². The van der Waals surface area contributed by atoms with E-state index in [0.29, 0.717) is 6.54 Å². The van der Waals surface area contributed by atoms with Crippen LogP contribution in [0.15, 0.2) is 47.0 Å². The lowest BCUT2D eigenvalue weighted by molar-refractivity contribution is 0.149. The van der Waals surface area contributed by atoms with Gasteiger partial charge in [-0.05, 0) is 31.9 Å². The molecular formula is C14H17NO. The fourth-order valence-electron chi connectivity index (χ4n) is 1.56. The molecular weight excluding hydrogens is 198 g/mol. The van der Waals surface area contributed by atoms with Gasteiger partial charge in [0.25, 0.3) is 0 Å². The van der Waals surface area contributed by atoms with Crippen molar-refractivity contribution in [3.05, 3.63) is 47.5 Å². The number of hydrogen-bond donors (Lipinski definition) is 0. The molecule has 2 nitrogen and oxygen atoms in total. The fourth-order valence-corrected chi connectivity index (χ4v) is 1.56. The minimum absolute atomic E-state index is 0.199. The maximum Gasteiger partial charge on any atom is 0.209 e. The first-order chi connectivity index (χ1) is 7.58. The minimum Gasteiger partial charge on any atom is -0.467 e. The van der Waals surface area contributed by atoms with Crippen LogP contribution in [0.25, 0.3) is 0 Å². The molecule has 0 atom stereocenters. The van der Waals surface area contributed by atoms with Crippen LogP contribution in [0.5, 0.6) is 0 Å². The van der Waals surface area contributed by atoms with Crippen LogP contribution in [-0.2, 0) is 11.3 Å². The summed E-state index contributed by atoms with van der Waals surface area (Å²) < 4.78 is 5.74. The Hall–Kier alpha value is -1.57. The van der Waals surface area contributed by atoms with Crippen molar-refractivity contribution in [3.8, 4) is 0 Å². The lowest BCUT2D eigenvalue weighted by Gasteiger charge is -2.19. The van der Waals surface area contributed by atoms with Gasteiger partial charge in [-0.3, -0.25) is 0 Å². The van der Waals surface area contributed by atoms with Crippen molar-refractivity contribution in [2.75, 3.05) is 0 Å². The van der Waals surface area contributed by atoms with Crippen LogP contribution in [0, 0.1) is 0 Å². The van der Waals surface area contributed by atoms with E-state index < -0.39 is 0 Å². The summed E-state index contributed by atoms with van der Waals surface area (Å²) in [6.07, 6.45) is 2.02. The molecule has 0 radical (unpaired) electrons. The first-order valence-corrected chi connectivity index (χ1v) is 5.54. The van der Waals surface area contributed by atoms with Crippen LogP contribution in [0.4, 0.5) is 0 Å². The quantitative estimate of drug-likeness (QED) is 0.741. The molecule has 2 rings (SSSR count). The summed E-state index contributed by atoms with van der Waals surface area (Å²) in [7, 11) is 0. The first kappa shape index (κ1) is 10.9. The number of nitrogens with zero attached hydrogens (tertiary/aromatic N) is 1. The molecule has 84 valence electrons. The van der Waals surface area contributed by atoms with Crippen LogP contribution < -0.4 is 0 Å². The number of aliphatic imine (C=N–C) groups is 1. The fraction of sp³-hybridized carbons (Fsp3) is 0.357. The molecule has 16 heavy (non-hydrogen) atoms. The molecule has 0 bridgehead atoms. The molecule has 2 heteroatoms. The van der Waals surface area contributed by atoms with Crippen molar-refractivity contribution < 1.29 is 4.74 Å². The first-order valence-electron chi connectivity index (χ1n) is 5.54. The van der Waals surface area contributed by atoms with Gasteiger partial charge in [-0.1, -0.05) is 30.3 Å². The molecule has 0 N–H and O–H groups in total. The second-order valence-electron chi connectivity index (χ2n) is 4.58. The minimum atomic E-state index is -0.199. The third kappa shape index (κ3) is 2.32. The van der Waals surface area contributed by atoms with Gasteiger partial charge in [-0.15, -0.1) is 0 Å². The second-order valence-corrected chi connectivity index (χ2v) is 4.58. The third-order valence-electron chi connectivity index (χ3n) is 2.91. The molecule has 0 aromatic heterocycles. The molecule has 0 fully saturated rings. The van der Waals surface area contributed by atoms with Crippen LogP contribution in [0.3, 0.4) is 0 Å². The van der Waals surface area contributed by atoms with Crippen molar-refractivity contribution in [2.24, 2.45) is 4.99 Å². The van der Waals surface area contributed by atoms with Crippen molar-refractivity contribution in [2.45, 2.75) is 32.9 Å². The smallest absolute Gasteiger partial charge is 0.209 e. The Morgan fingerprint density at radius 3 is 2.44 bits per heavy atom. The largest absolute Gasteiger partial charge is 0.467 e. The van der Waals surface area contributed by atoms with E-state index in [9.17, 15) is 0 Å². The average Bonchev–Trinajstić information content (AvgIpc) is 2.52. The SMILES string of the molecule is CC1=CC(=NCc2ccccc2)OC1(C)C. The zero-order valence-corrected chi connectivity index (χ0v) is 10.0. The van der Waals surface area contributed by atoms with Crippen LogP contribution in [0.1, 0.15) is 26.3 Å². The maximum absolute atomic E-state index is 5.74. The highest BCUT2D eigenvalue weighted by Gasteiger charge is 2.29. The summed E-state index contributed by atoms with van der Waals surface area (Å²) in [6.45, 7) is 6.87. The topological polar surface area (TPSA) is 21.6 Å². The number of rotatable bonds is 2. The van der Waals surface area contributed by atoms with Gasteiger partial charge in [0.1, 0.15) is 5.60 Å². The van der Waals surface area contributed by atoms with Crippen molar-refractivity contribution >= 4 is 5.90 Å². The number of benzene rings is 1. The summed E-state index contributed by atoms with van der Waals surface area (Å²) in [5.41, 5.74) is 2.23. The summed E-state index contributed by atoms with van der Waals surface area (Å²) in [5, 5.41) is 0. The molecule has 1 aliphatic rings. The van der Waals surface area contributed by atoms with Gasteiger partial charge in [0.05, 0.1) is 6.54 Å². The summed E-state index contributed by atoms with van der Waals surface area (Å²) >= 11 is 0. The highest BCUT2D eigenvalue weighted by Crippen LogP contribution is 2.27. The van der Waals surface area contributed by atoms with Gasteiger partial charge in [0.2, 0.25) is 5.90 Å². The zero-order chi connectivity index (χ0) is 11.6. The molecule has 0 spiro atoms. The zero-order valence-electron chi connectivity index (χ0n) is 10.0. The Kier molecular flexibility index (Phi) is 2.82. The van der Waals surface area contributed by atoms with Crippen LogP contribution in [-0.4, -0.2) is 11.5 Å². The maximum atomic E-state index is 5.74. The number of ether oxygens (including phenoxy) is 1. The van der Waals surface area contributed by atoms with E-state index in [1.165, 1.54) is 11.1 Å². The van der Waals surface area contributed by atoms with E-state index >= 15 is 0 Å². The molecule has 1 aliphatic heterocycles. The molecule has 1 aromatic carbocycles. The van der Waals surface area contributed by atoms with E-state index in [4.69, 9.17) is 4.74 Å². The Morgan fingerprint density at radius 2 is 1.88 bits per heavy atom. The monoisotopic (exact) mass is 215 g/mol. The number of hydrogen-bond acceptors (Lipinski definition) is 2. The Bertz CT molecular complexity index is 429. The van der Waals surface area contributed by atoms with Gasteiger partial charge in [0, 0.05) is 6.08 Å². The standard InChI is InChI=1S/C14H17NO/c1-11-9-13(16-14(11,2)3)15-10-12-7-5-4-6-8-12/h4-9H,10H2,1-3H3. The van der Waals surface area contributed by atoms with Crippen LogP contribution >= 0.6 is 0 Å². The van der Waals surface area contributed by atoms with Gasteiger partial charge < -0.3 is 4.74 Å². The molecule has 1 heterocycles. The normalized spacial score (nSPS) is 20.7. The van der Waals surface area contributed by atoms with Gasteiger partial charge in [-0.2, -0.15) is 0 Å². The lowest BCUT2D eigenvalue weighted by atomic mass is 10.0. The van der Waals surface area contributed by atoms with Crippen molar-refractivity contribution in [1.82, 2.24) is 0 Å². The van der Waals surface area contributed by atoms with Gasteiger partial charge >= 0.3 is 0 Å². The Morgan fingerprint density at radius 1 is 1.19 bits per heavy atom. The van der Waals surface area contributed by atoms with E-state index in [1.54, 1.807) is 0 Å². The Labute approximate surface area is 96.7 Å². The predicted molar refractivity (Wildman–Crippen MR) is 66.5 cm³/mol. The third-order valence-corrected chi connectivity index (χ3v) is 2.91. The lowest BCUT2D eigenvalue weighted by Crippen LogP contribution is -2.21. The summed E-state index contributed by atoms with van der Waals surface area (Å²) in [5.74, 6) is 0.742. The van der Waals surface area contributed by atoms with Crippen molar-refractivity contribution in [3.63, 3.8) is 0 Å². The predicted octanol–water partition coefficient (Wildman–Crippen LogP) is 3.34. The molecule has 0 saturated heterocycles. The Balaban J connectivity index is 2.06. The van der Waals surface area contributed by atoms with E-state index in [2.05, 4.69) is 37.9 Å². The molecule has 1 aromatic rings. The van der Waals surface area contributed by atoms with E-state index in [1.807, 2.05) is 24.3 Å². The molecule has 0 aliphatic carbocycles. The van der Waals surface area contributed by atoms with Gasteiger partial charge in [0.15, 0.2) is 0 Å². The molecule has 0 unspecified atom stereocenters. The summed E-state index contributed by atoms with van der Waals surface area (Å²) in [4.78, 5) is 4.46. The second kappa shape index (κ2) is 4.12. The molecule has 0 saturated carbocycles. The summed E-state index contributed by atoms with van der Waals surface area (Å²) in [6, 6.07) is 10.2. The molecule has 0 amide bonds. The van der Waals surface area contributed by atoms with Crippen molar-refractivity contribution in [1.29, 1.82) is 0 Å².